The highest BCUT2D eigenvalue weighted by molar-refractivity contribution is 14.1. The lowest BCUT2D eigenvalue weighted by molar-refractivity contribution is -0.385. The summed E-state index contributed by atoms with van der Waals surface area (Å²) in [7, 11) is 0. The van der Waals surface area contributed by atoms with Gasteiger partial charge in [-0.3, -0.25) is 10.1 Å². The summed E-state index contributed by atoms with van der Waals surface area (Å²) in [6.07, 6.45) is 0. The fourth-order valence-corrected chi connectivity index (χ4v) is 2.77. The molecule has 2 rings (SSSR count). The molecule has 0 aliphatic heterocycles. The van der Waals surface area contributed by atoms with Gasteiger partial charge < -0.3 is 5.32 Å². The van der Waals surface area contributed by atoms with Crippen molar-refractivity contribution in [3.63, 3.8) is 0 Å². The van der Waals surface area contributed by atoms with Crippen molar-refractivity contribution >= 4 is 49.9 Å². The van der Waals surface area contributed by atoms with Gasteiger partial charge >= 0.3 is 0 Å². The van der Waals surface area contributed by atoms with E-state index < -0.39 is 4.92 Å². The quantitative estimate of drug-likeness (QED) is 0.417. The number of anilines is 1. The molecule has 104 valence electrons. The molecule has 0 atom stereocenters. The molecule has 1 N–H and O–H groups in total. The fourth-order valence-electron chi connectivity index (χ4n) is 1.70. The first kappa shape index (κ1) is 15.2. The third-order valence-electron chi connectivity index (χ3n) is 2.64. The zero-order valence-corrected chi connectivity index (χ0v) is 13.8. The van der Waals surface area contributed by atoms with Gasteiger partial charge in [-0.15, -0.1) is 0 Å². The summed E-state index contributed by atoms with van der Waals surface area (Å²) in [4.78, 5) is 10.5. The van der Waals surface area contributed by atoms with Gasteiger partial charge in [-0.1, -0.05) is 15.9 Å². The summed E-state index contributed by atoms with van der Waals surface area (Å²) in [5, 5.41) is 14.0. The number of rotatable bonds is 4. The molecule has 0 saturated carbocycles. The van der Waals surface area contributed by atoms with Crippen LogP contribution in [0.15, 0.2) is 40.9 Å². The highest BCUT2D eigenvalue weighted by Crippen LogP contribution is 2.25. The average Bonchev–Trinajstić information content (AvgIpc) is 2.37. The maximum Gasteiger partial charge on any atom is 0.274 e. The molecule has 0 saturated heterocycles. The molecule has 0 heterocycles. The van der Waals surface area contributed by atoms with Crippen molar-refractivity contribution < 1.29 is 9.31 Å². The lowest BCUT2D eigenvalue weighted by Gasteiger charge is -2.09. The molecule has 0 aliphatic carbocycles. The minimum absolute atomic E-state index is 0.0535. The van der Waals surface area contributed by atoms with E-state index in [1.54, 1.807) is 18.2 Å². The molecular weight excluding hydrogens is 442 g/mol. The van der Waals surface area contributed by atoms with Crippen molar-refractivity contribution in [3.05, 3.63) is 65.9 Å². The third kappa shape index (κ3) is 3.66. The van der Waals surface area contributed by atoms with Gasteiger partial charge in [0.25, 0.3) is 5.69 Å². The van der Waals surface area contributed by atoms with E-state index in [0.29, 0.717) is 5.56 Å². The topological polar surface area (TPSA) is 55.2 Å². The molecular formula is C13H9BrFIN2O2. The zero-order valence-electron chi connectivity index (χ0n) is 10.1. The van der Waals surface area contributed by atoms with E-state index in [1.165, 1.54) is 18.2 Å². The number of nitro groups is 1. The van der Waals surface area contributed by atoms with Gasteiger partial charge in [0, 0.05) is 31.9 Å². The number of hydrogen-bond acceptors (Lipinski definition) is 3. The minimum Gasteiger partial charge on any atom is -0.380 e. The standard InChI is InChI=1S/C13H9BrFIN2O2/c14-9-1-4-13(18(19)20)8(5-9)7-17-12-3-2-10(15)6-11(12)16/h1-6,17H,7H2. The monoisotopic (exact) mass is 450 g/mol. The van der Waals surface area contributed by atoms with Gasteiger partial charge in [-0.25, -0.2) is 4.39 Å². The van der Waals surface area contributed by atoms with Gasteiger partial charge in [0.15, 0.2) is 0 Å². The normalized spacial score (nSPS) is 10.3. The highest BCUT2D eigenvalue weighted by atomic mass is 127. The Morgan fingerprint density at radius 1 is 1.30 bits per heavy atom. The predicted molar refractivity (Wildman–Crippen MR) is 87.2 cm³/mol. The second-order valence-corrected chi connectivity index (χ2v) is 6.09. The lowest BCUT2D eigenvalue weighted by atomic mass is 10.1. The summed E-state index contributed by atoms with van der Waals surface area (Å²) >= 11 is 5.31. The minimum atomic E-state index is -0.418. The summed E-state index contributed by atoms with van der Waals surface area (Å²) < 4.78 is 14.5. The van der Waals surface area contributed by atoms with E-state index >= 15 is 0 Å². The lowest BCUT2D eigenvalue weighted by Crippen LogP contribution is -2.04. The van der Waals surface area contributed by atoms with E-state index in [-0.39, 0.29) is 18.0 Å². The van der Waals surface area contributed by atoms with Crippen LogP contribution in [0.4, 0.5) is 15.8 Å². The van der Waals surface area contributed by atoms with Gasteiger partial charge in [-0.05, 0) is 52.9 Å². The molecule has 20 heavy (non-hydrogen) atoms. The molecule has 7 heteroatoms. The Hall–Kier alpha value is -1.22. The number of benzene rings is 2. The number of hydrogen-bond donors (Lipinski definition) is 1. The van der Waals surface area contributed by atoms with Crippen molar-refractivity contribution in [2.24, 2.45) is 0 Å². The van der Waals surface area contributed by atoms with Crippen LogP contribution in [0, 0.1) is 19.5 Å². The van der Waals surface area contributed by atoms with Crippen LogP contribution in [0.1, 0.15) is 5.56 Å². The molecule has 0 spiro atoms. The van der Waals surface area contributed by atoms with Crippen LogP contribution in [0.2, 0.25) is 0 Å². The smallest absolute Gasteiger partial charge is 0.274 e. The van der Waals surface area contributed by atoms with Crippen molar-refractivity contribution in [1.82, 2.24) is 0 Å². The molecule has 2 aromatic rings. The molecule has 0 amide bonds. The van der Waals surface area contributed by atoms with Crippen LogP contribution < -0.4 is 5.32 Å². The van der Waals surface area contributed by atoms with E-state index in [4.69, 9.17) is 0 Å². The SMILES string of the molecule is O=[N+]([O-])c1ccc(Br)cc1CNc1ccc(F)cc1I. The van der Waals surface area contributed by atoms with E-state index in [2.05, 4.69) is 21.2 Å². The average molecular weight is 451 g/mol. The van der Waals surface area contributed by atoms with Gasteiger partial charge in [0.05, 0.1) is 4.92 Å². The molecule has 2 aromatic carbocycles. The molecule has 0 fully saturated rings. The second-order valence-electron chi connectivity index (χ2n) is 4.01. The van der Waals surface area contributed by atoms with E-state index in [9.17, 15) is 14.5 Å². The van der Waals surface area contributed by atoms with Crippen LogP contribution in [-0.4, -0.2) is 4.92 Å². The van der Waals surface area contributed by atoms with Crippen molar-refractivity contribution in [2.45, 2.75) is 6.54 Å². The molecule has 0 aliphatic rings. The Kier molecular flexibility index (Phi) is 4.92. The highest BCUT2D eigenvalue weighted by Gasteiger charge is 2.13. The largest absolute Gasteiger partial charge is 0.380 e. The van der Waals surface area contributed by atoms with Gasteiger partial charge in [0.1, 0.15) is 5.82 Å². The molecule has 0 radical (unpaired) electrons. The zero-order chi connectivity index (χ0) is 14.7. The van der Waals surface area contributed by atoms with E-state index in [0.717, 1.165) is 13.7 Å². The number of nitro benzene ring substituents is 1. The van der Waals surface area contributed by atoms with Gasteiger partial charge in [-0.2, -0.15) is 0 Å². The fraction of sp³-hybridized carbons (Fsp3) is 0.0769. The first-order valence-electron chi connectivity index (χ1n) is 5.59. The summed E-state index contributed by atoms with van der Waals surface area (Å²) in [6, 6.07) is 9.14. The third-order valence-corrected chi connectivity index (χ3v) is 4.02. The summed E-state index contributed by atoms with van der Waals surface area (Å²) in [6.45, 7) is 0.289. The summed E-state index contributed by atoms with van der Waals surface area (Å²) in [5.41, 5.74) is 1.35. The van der Waals surface area contributed by atoms with Crippen molar-refractivity contribution in [3.8, 4) is 0 Å². The number of nitrogens with zero attached hydrogens (tertiary/aromatic N) is 1. The molecule has 4 nitrogen and oxygen atoms in total. The first-order valence-corrected chi connectivity index (χ1v) is 7.46. The molecule has 0 aromatic heterocycles. The number of halogens is 3. The van der Waals surface area contributed by atoms with Crippen LogP contribution in [0.25, 0.3) is 0 Å². The van der Waals surface area contributed by atoms with Crippen LogP contribution >= 0.6 is 38.5 Å². The van der Waals surface area contributed by atoms with E-state index in [1.807, 2.05) is 22.6 Å². The predicted octanol–water partition coefficient (Wildman–Crippen LogP) is 4.71. The van der Waals surface area contributed by atoms with Crippen LogP contribution in [-0.2, 0) is 6.54 Å². The molecule has 0 bridgehead atoms. The maximum absolute atomic E-state index is 13.0. The number of nitrogens with one attached hydrogen (secondary N) is 1. The Bertz CT molecular complexity index is 667. The first-order chi connectivity index (χ1) is 9.47. The Morgan fingerprint density at radius 2 is 2.05 bits per heavy atom. The summed E-state index contributed by atoms with van der Waals surface area (Å²) in [5.74, 6) is -0.312. The van der Waals surface area contributed by atoms with Gasteiger partial charge in [0.2, 0.25) is 0 Å². The van der Waals surface area contributed by atoms with Crippen LogP contribution in [0.5, 0.6) is 0 Å². The van der Waals surface area contributed by atoms with Crippen LogP contribution in [0.3, 0.4) is 0 Å². The van der Waals surface area contributed by atoms with Crippen molar-refractivity contribution in [2.75, 3.05) is 5.32 Å². The Morgan fingerprint density at radius 3 is 2.70 bits per heavy atom. The Balaban J connectivity index is 2.22. The molecule has 0 unspecified atom stereocenters. The maximum atomic E-state index is 13.0. The van der Waals surface area contributed by atoms with Crippen molar-refractivity contribution in [1.29, 1.82) is 0 Å². The second kappa shape index (κ2) is 6.49. The Labute approximate surface area is 136 Å².